The van der Waals surface area contributed by atoms with Gasteiger partial charge in [-0.15, -0.1) is 0 Å². The minimum Gasteiger partial charge on any atom is -0.444 e. The van der Waals surface area contributed by atoms with Crippen LogP contribution in [0.1, 0.15) is 62.0 Å². The lowest BCUT2D eigenvalue weighted by molar-refractivity contribution is 0.0176. The van der Waals surface area contributed by atoms with Crippen LogP contribution >= 0.6 is 0 Å². The molecule has 1 amide bonds. The van der Waals surface area contributed by atoms with Crippen LogP contribution < -0.4 is 0 Å². The molecule has 0 bridgehead atoms. The van der Waals surface area contributed by atoms with Crippen LogP contribution in [0.5, 0.6) is 0 Å². The number of likely N-dealkylation sites (tertiary alicyclic amines) is 1. The minimum absolute atomic E-state index is 0.153. The summed E-state index contributed by atoms with van der Waals surface area (Å²) in [6.07, 6.45) is 2.00. The lowest BCUT2D eigenvalue weighted by Gasteiger charge is -2.42. The molecule has 1 aromatic heterocycles. The number of aliphatic hydroxyl groups excluding tert-OH is 2. The highest BCUT2D eigenvalue weighted by molar-refractivity contribution is 5.68. The Hall–Kier alpha value is -2.38. The molecule has 0 aliphatic carbocycles. The molecule has 4 rings (SSSR count). The molecule has 3 heterocycles. The van der Waals surface area contributed by atoms with Gasteiger partial charge in [0.25, 0.3) is 0 Å². The Morgan fingerprint density at radius 1 is 1.13 bits per heavy atom. The molecule has 0 atom stereocenters. The summed E-state index contributed by atoms with van der Waals surface area (Å²) in [6, 6.07) is 8.44. The van der Waals surface area contributed by atoms with Gasteiger partial charge in [-0.2, -0.15) is 0 Å². The summed E-state index contributed by atoms with van der Waals surface area (Å²) in [6.45, 7) is 7.13. The van der Waals surface area contributed by atoms with E-state index < -0.39 is 5.60 Å². The van der Waals surface area contributed by atoms with Gasteiger partial charge in [0.1, 0.15) is 11.4 Å². The van der Waals surface area contributed by atoms with E-state index >= 15 is 0 Å². The van der Waals surface area contributed by atoms with Gasteiger partial charge in [0.2, 0.25) is 0 Å². The smallest absolute Gasteiger partial charge is 0.410 e. The molecule has 1 saturated heterocycles. The molecule has 7 heteroatoms. The Morgan fingerprint density at radius 2 is 1.83 bits per heavy atom. The number of amides is 1. The molecular formula is C23H31N3O4. The number of carbonyl (C=O) groups is 1. The predicted molar refractivity (Wildman–Crippen MR) is 112 cm³/mol. The van der Waals surface area contributed by atoms with Gasteiger partial charge in [0.05, 0.1) is 30.0 Å². The fourth-order valence-corrected chi connectivity index (χ4v) is 4.89. The summed E-state index contributed by atoms with van der Waals surface area (Å²) >= 11 is 0. The van der Waals surface area contributed by atoms with E-state index in [2.05, 4.69) is 28.8 Å². The Bertz CT molecular complexity index is 936. The highest BCUT2D eigenvalue weighted by Gasteiger charge is 2.45. The lowest BCUT2D eigenvalue weighted by atomic mass is 9.70. The average molecular weight is 414 g/mol. The standard InChI is InChI=1S/C23H31N3O4/c1-22(2,3)30-21(29)25-12-9-23(10-13-25)17-7-5-4-6-16(17)8-11-26-19(15-28)18(14-27)24-20(23)26/h4-7,27-28H,8-15H2,1-3H3. The van der Waals surface area contributed by atoms with E-state index in [1.165, 1.54) is 11.1 Å². The summed E-state index contributed by atoms with van der Waals surface area (Å²) in [5.74, 6) is 0.893. The van der Waals surface area contributed by atoms with E-state index in [9.17, 15) is 15.0 Å². The number of aryl methyl sites for hydroxylation is 1. The highest BCUT2D eigenvalue weighted by atomic mass is 16.6. The quantitative estimate of drug-likeness (QED) is 0.790. The number of benzene rings is 1. The van der Waals surface area contributed by atoms with E-state index in [0.29, 0.717) is 31.0 Å². The fraction of sp³-hybridized carbons (Fsp3) is 0.565. The van der Waals surface area contributed by atoms with E-state index in [-0.39, 0.29) is 24.7 Å². The Labute approximate surface area is 177 Å². The van der Waals surface area contributed by atoms with Gasteiger partial charge in [-0.1, -0.05) is 24.3 Å². The summed E-state index contributed by atoms with van der Waals surface area (Å²) < 4.78 is 7.67. The Balaban J connectivity index is 1.74. The number of rotatable bonds is 2. The number of carbonyl (C=O) groups excluding carboxylic acids is 1. The van der Waals surface area contributed by atoms with E-state index in [1.807, 2.05) is 20.8 Å². The maximum absolute atomic E-state index is 12.6. The first-order chi connectivity index (χ1) is 14.3. The second kappa shape index (κ2) is 7.71. The molecule has 7 nitrogen and oxygen atoms in total. The summed E-state index contributed by atoms with van der Waals surface area (Å²) in [7, 11) is 0. The Kier molecular flexibility index (Phi) is 5.36. The first-order valence-corrected chi connectivity index (χ1v) is 10.7. The topological polar surface area (TPSA) is 87.8 Å². The summed E-state index contributed by atoms with van der Waals surface area (Å²) in [5.41, 5.74) is 2.87. The van der Waals surface area contributed by atoms with Crippen LogP contribution in [0.2, 0.25) is 0 Å². The van der Waals surface area contributed by atoms with Crippen LogP contribution in [0.15, 0.2) is 24.3 Å². The zero-order chi connectivity index (χ0) is 21.5. The monoisotopic (exact) mass is 413 g/mol. The first kappa shape index (κ1) is 20.9. The van der Waals surface area contributed by atoms with Crippen LogP contribution in [-0.4, -0.2) is 49.4 Å². The van der Waals surface area contributed by atoms with Crippen LogP contribution in [0.4, 0.5) is 4.79 Å². The molecule has 0 saturated carbocycles. The molecule has 2 aliphatic heterocycles. The van der Waals surface area contributed by atoms with E-state index in [1.54, 1.807) is 4.90 Å². The van der Waals surface area contributed by atoms with Crippen LogP contribution in [0.25, 0.3) is 0 Å². The molecule has 1 spiro atoms. The third-order valence-corrected chi connectivity index (χ3v) is 6.29. The second-order valence-corrected chi connectivity index (χ2v) is 9.25. The van der Waals surface area contributed by atoms with Crippen LogP contribution in [-0.2, 0) is 36.3 Å². The van der Waals surface area contributed by atoms with Crippen molar-refractivity contribution in [3.05, 3.63) is 52.6 Å². The number of nitrogens with zero attached hydrogens (tertiary/aromatic N) is 3. The third-order valence-electron chi connectivity index (χ3n) is 6.29. The van der Waals surface area contributed by atoms with Gasteiger partial charge in [-0.05, 0) is 51.2 Å². The number of hydrogen-bond acceptors (Lipinski definition) is 5. The SMILES string of the molecule is CC(C)(C)OC(=O)N1CCC2(CC1)c1ccccc1CCn1c2nc(CO)c1CO. The molecule has 2 N–H and O–H groups in total. The molecule has 0 unspecified atom stereocenters. The normalized spacial score (nSPS) is 18.0. The van der Waals surface area contributed by atoms with Crippen molar-refractivity contribution in [2.24, 2.45) is 0 Å². The molecule has 30 heavy (non-hydrogen) atoms. The summed E-state index contributed by atoms with van der Waals surface area (Å²) in [5, 5.41) is 19.8. The molecular weight excluding hydrogens is 382 g/mol. The zero-order valence-corrected chi connectivity index (χ0v) is 18.0. The van der Waals surface area contributed by atoms with E-state index in [4.69, 9.17) is 9.72 Å². The molecule has 1 fully saturated rings. The largest absolute Gasteiger partial charge is 0.444 e. The number of imidazole rings is 1. The number of ether oxygens (including phenoxy) is 1. The number of aliphatic hydroxyl groups is 2. The van der Waals surface area contributed by atoms with Crippen molar-refractivity contribution in [3.63, 3.8) is 0 Å². The van der Waals surface area contributed by atoms with Crippen molar-refractivity contribution in [1.29, 1.82) is 0 Å². The zero-order valence-electron chi connectivity index (χ0n) is 18.0. The molecule has 0 radical (unpaired) electrons. The van der Waals surface area contributed by atoms with Crippen LogP contribution in [0, 0.1) is 0 Å². The van der Waals surface area contributed by atoms with Crippen molar-refractivity contribution in [2.45, 2.75) is 70.8 Å². The highest BCUT2D eigenvalue weighted by Crippen LogP contribution is 2.45. The van der Waals surface area contributed by atoms with Gasteiger partial charge < -0.3 is 24.4 Å². The second-order valence-electron chi connectivity index (χ2n) is 9.25. The van der Waals surface area contributed by atoms with Crippen molar-refractivity contribution < 1.29 is 19.7 Å². The van der Waals surface area contributed by atoms with Gasteiger partial charge in [-0.25, -0.2) is 9.78 Å². The van der Waals surface area contributed by atoms with Gasteiger partial charge >= 0.3 is 6.09 Å². The first-order valence-electron chi connectivity index (χ1n) is 10.7. The molecule has 2 aromatic rings. The van der Waals surface area contributed by atoms with Crippen molar-refractivity contribution in [3.8, 4) is 0 Å². The van der Waals surface area contributed by atoms with E-state index in [0.717, 1.165) is 25.1 Å². The minimum atomic E-state index is -0.524. The van der Waals surface area contributed by atoms with Crippen LogP contribution in [0.3, 0.4) is 0 Å². The lowest BCUT2D eigenvalue weighted by Crippen LogP contribution is -2.48. The fourth-order valence-electron chi connectivity index (χ4n) is 4.89. The third kappa shape index (κ3) is 3.50. The molecule has 2 aliphatic rings. The number of fused-ring (bicyclic) bond motifs is 4. The summed E-state index contributed by atoms with van der Waals surface area (Å²) in [4.78, 5) is 19.2. The van der Waals surface area contributed by atoms with Gasteiger partial charge in [-0.3, -0.25) is 0 Å². The number of hydrogen-bond donors (Lipinski definition) is 2. The number of aromatic nitrogens is 2. The maximum Gasteiger partial charge on any atom is 0.410 e. The molecule has 162 valence electrons. The Morgan fingerprint density at radius 3 is 2.47 bits per heavy atom. The average Bonchev–Trinajstić information content (AvgIpc) is 3.03. The van der Waals surface area contributed by atoms with Crippen molar-refractivity contribution >= 4 is 6.09 Å². The maximum atomic E-state index is 12.6. The van der Waals surface area contributed by atoms with Crippen molar-refractivity contribution in [2.75, 3.05) is 13.1 Å². The van der Waals surface area contributed by atoms with Crippen molar-refractivity contribution in [1.82, 2.24) is 14.5 Å². The molecule has 1 aromatic carbocycles. The van der Waals surface area contributed by atoms with Gasteiger partial charge in [0, 0.05) is 19.6 Å². The predicted octanol–water partition coefficient (Wildman–Crippen LogP) is 2.74. The number of piperidine rings is 1. The van der Waals surface area contributed by atoms with Gasteiger partial charge in [0.15, 0.2) is 0 Å².